The molecule has 0 saturated heterocycles. The van der Waals surface area contributed by atoms with Gasteiger partial charge in [-0.1, -0.05) is 24.3 Å². The lowest BCUT2D eigenvalue weighted by molar-refractivity contribution is 0.354. The number of nitrogens with zero attached hydrogens (tertiary/aromatic N) is 2. The van der Waals surface area contributed by atoms with Crippen LogP contribution in [0.5, 0.6) is 17.2 Å². The molecule has 1 heterocycles. The summed E-state index contributed by atoms with van der Waals surface area (Å²) in [4.78, 5) is 4.60. The number of fused-ring (bicyclic) bond motifs is 1. The molecule has 0 aliphatic carbocycles. The number of ether oxygens (including phenoxy) is 3. The van der Waals surface area contributed by atoms with Crippen molar-refractivity contribution in [3.05, 3.63) is 70.8 Å². The largest absolute Gasteiger partial charge is 0.497 e. The van der Waals surface area contributed by atoms with E-state index in [2.05, 4.69) is 11.1 Å². The van der Waals surface area contributed by atoms with Crippen molar-refractivity contribution in [1.29, 1.82) is 5.26 Å². The summed E-state index contributed by atoms with van der Waals surface area (Å²) in [6.45, 7) is 0.638. The summed E-state index contributed by atoms with van der Waals surface area (Å²) in [5.41, 5.74) is 4.23. The van der Waals surface area contributed by atoms with Gasteiger partial charge in [-0.2, -0.15) is 5.26 Å². The Morgan fingerprint density at radius 3 is 2.39 bits per heavy atom. The summed E-state index contributed by atoms with van der Waals surface area (Å²) in [5.74, 6) is 2.12. The average molecular weight is 374 g/mol. The molecule has 2 aromatic carbocycles. The van der Waals surface area contributed by atoms with Crippen LogP contribution >= 0.6 is 0 Å². The van der Waals surface area contributed by atoms with E-state index < -0.39 is 0 Å². The van der Waals surface area contributed by atoms with E-state index in [0.29, 0.717) is 29.3 Å². The molecule has 0 N–H and O–H groups in total. The number of methoxy groups -OCH3 is 3. The molecule has 0 atom stereocenters. The van der Waals surface area contributed by atoms with E-state index in [0.717, 1.165) is 28.9 Å². The van der Waals surface area contributed by atoms with Crippen molar-refractivity contribution < 1.29 is 14.2 Å². The van der Waals surface area contributed by atoms with Crippen molar-refractivity contribution >= 4 is 11.8 Å². The third-order valence-electron chi connectivity index (χ3n) is 4.56. The minimum atomic E-state index is 0.512. The highest BCUT2D eigenvalue weighted by Gasteiger charge is 2.20. The van der Waals surface area contributed by atoms with E-state index in [4.69, 9.17) is 14.2 Å². The topological polar surface area (TPSA) is 63.8 Å². The van der Waals surface area contributed by atoms with E-state index in [1.54, 1.807) is 27.4 Å². The molecule has 2 aromatic rings. The van der Waals surface area contributed by atoms with Crippen molar-refractivity contribution in [2.75, 3.05) is 27.9 Å². The van der Waals surface area contributed by atoms with Crippen LogP contribution in [0.2, 0.25) is 0 Å². The van der Waals surface area contributed by atoms with Crippen molar-refractivity contribution in [2.45, 2.75) is 6.42 Å². The van der Waals surface area contributed by atoms with Crippen molar-refractivity contribution in [1.82, 2.24) is 0 Å². The highest BCUT2D eigenvalue weighted by molar-refractivity contribution is 6.16. The van der Waals surface area contributed by atoms with Gasteiger partial charge in [0.1, 0.15) is 11.8 Å². The number of benzene rings is 2. The zero-order chi connectivity index (χ0) is 19.9. The molecule has 5 nitrogen and oxygen atoms in total. The molecule has 28 heavy (non-hydrogen) atoms. The number of allylic oxidation sites excluding steroid dienone is 3. The van der Waals surface area contributed by atoms with Gasteiger partial charge in [-0.3, -0.25) is 4.99 Å². The van der Waals surface area contributed by atoms with Crippen LogP contribution in [0.4, 0.5) is 0 Å². The number of aliphatic imine (C=N–C) groups is 1. The van der Waals surface area contributed by atoms with Crippen LogP contribution in [0, 0.1) is 11.3 Å². The molecule has 0 saturated carbocycles. The number of hydrogen-bond acceptors (Lipinski definition) is 5. The Morgan fingerprint density at radius 2 is 1.75 bits per heavy atom. The molecule has 5 heteroatoms. The molecule has 0 unspecified atom stereocenters. The molecule has 0 radical (unpaired) electrons. The van der Waals surface area contributed by atoms with Crippen LogP contribution in [-0.4, -0.2) is 33.6 Å². The van der Waals surface area contributed by atoms with Gasteiger partial charge in [-0.25, -0.2) is 0 Å². The van der Waals surface area contributed by atoms with Gasteiger partial charge >= 0.3 is 0 Å². The number of nitriles is 1. The molecule has 0 fully saturated rings. The summed E-state index contributed by atoms with van der Waals surface area (Å²) < 4.78 is 16.0. The SMILES string of the molecule is COc1ccc(/C=C/C=C(\C#N)C2=NCCc3cc(OC)c(OC)cc32)cc1. The number of rotatable bonds is 6. The molecule has 0 spiro atoms. The maximum Gasteiger partial charge on any atom is 0.161 e. The van der Waals surface area contributed by atoms with Crippen molar-refractivity contribution in [2.24, 2.45) is 4.99 Å². The lowest BCUT2D eigenvalue weighted by Crippen LogP contribution is -2.15. The van der Waals surface area contributed by atoms with E-state index in [-0.39, 0.29) is 0 Å². The van der Waals surface area contributed by atoms with Crippen molar-refractivity contribution in [3.8, 4) is 23.3 Å². The second kappa shape index (κ2) is 8.92. The third-order valence-corrected chi connectivity index (χ3v) is 4.56. The predicted octanol–water partition coefficient (Wildman–Crippen LogP) is 4.22. The minimum Gasteiger partial charge on any atom is -0.497 e. The molecule has 0 bridgehead atoms. The molecule has 1 aliphatic heterocycles. The van der Waals surface area contributed by atoms with Crippen LogP contribution in [0.15, 0.2) is 59.1 Å². The monoisotopic (exact) mass is 374 g/mol. The lowest BCUT2D eigenvalue weighted by Gasteiger charge is -2.19. The van der Waals surface area contributed by atoms with Crippen LogP contribution in [-0.2, 0) is 6.42 Å². The smallest absolute Gasteiger partial charge is 0.161 e. The molecule has 1 aliphatic rings. The zero-order valence-corrected chi connectivity index (χ0v) is 16.2. The fourth-order valence-electron chi connectivity index (χ4n) is 3.09. The Morgan fingerprint density at radius 1 is 1.04 bits per heavy atom. The Labute approximate surface area is 165 Å². The summed E-state index contributed by atoms with van der Waals surface area (Å²) in [6, 6.07) is 13.8. The molecular formula is C23H22N2O3. The van der Waals surface area contributed by atoms with Gasteiger partial charge in [0.25, 0.3) is 0 Å². The first-order chi connectivity index (χ1) is 13.7. The Bertz CT molecular complexity index is 980. The fourth-order valence-corrected chi connectivity index (χ4v) is 3.09. The number of hydrogen-bond donors (Lipinski definition) is 0. The van der Waals surface area contributed by atoms with Crippen LogP contribution in [0.3, 0.4) is 0 Å². The molecular weight excluding hydrogens is 352 g/mol. The maximum atomic E-state index is 9.69. The first-order valence-corrected chi connectivity index (χ1v) is 8.92. The third kappa shape index (κ3) is 4.07. The lowest BCUT2D eigenvalue weighted by atomic mass is 9.92. The second-order valence-electron chi connectivity index (χ2n) is 6.17. The summed E-state index contributed by atoms with van der Waals surface area (Å²) in [6.07, 6.45) is 6.39. The highest BCUT2D eigenvalue weighted by Crippen LogP contribution is 2.33. The Balaban J connectivity index is 1.90. The molecule has 0 amide bonds. The van der Waals surface area contributed by atoms with Gasteiger partial charge in [0.15, 0.2) is 11.5 Å². The standard InChI is InChI=1S/C23H22N2O3/c1-26-19-9-7-16(8-10-19)5-4-6-18(15-24)23-20-14-22(28-3)21(27-2)13-17(20)11-12-25-23/h4-10,13-14H,11-12H2,1-3H3/b5-4+,18-6+. The van der Waals surface area contributed by atoms with E-state index in [9.17, 15) is 5.26 Å². The molecule has 3 rings (SSSR count). The average Bonchev–Trinajstić information content (AvgIpc) is 2.75. The summed E-state index contributed by atoms with van der Waals surface area (Å²) in [5, 5.41) is 9.69. The Kier molecular flexibility index (Phi) is 6.13. The fraction of sp³-hybridized carbons (Fsp3) is 0.217. The predicted molar refractivity (Wildman–Crippen MR) is 110 cm³/mol. The zero-order valence-electron chi connectivity index (χ0n) is 16.2. The van der Waals surface area contributed by atoms with Crippen LogP contribution in [0.1, 0.15) is 16.7 Å². The second-order valence-corrected chi connectivity index (χ2v) is 6.17. The van der Waals surface area contributed by atoms with E-state index in [1.807, 2.05) is 48.6 Å². The minimum absolute atomic E-state index is 0.512. The highest BCUT2D eigenvalue weighted by atomic mass is 16.5. The van der Waals surface area contributed by atoms with E-state index in [1.165, 1.54) is 0 Å². The summed E-state index contributed by atoms with van der Waals surface area (Å²) in [7, 11) is 4.86. The summed E-state index contributed by atoms with van der Waals surface area (Å²) >= 11 is 0. The van der Waals surface area contributed by atoms with Gasteiger partial charge in [0.05, 0.1) is 32.6 Å². The van der Waals surface area contributed by atoms with Gasteiger partial charge in [0.2, 0.25) is 0 Å². The van der Waals surface area contributed by atoms with Gasteiger partial charge in [-0.15, -0.1) is 0 Å². The van der Waals surface area contributed by atoms with Crippen LogP contribution in [0.25, 0.3) is 6.08 Å². The quantitative estimate of drug-likeness (QED) is 0.561. The normalized spacial score (nSPS) is 13.5. The first-order valence-electron chi connectivity index (χ1n) is 8.92. The molecule has 142 valence electrons. The van der Waals surface area contributed by atoms with Crippen LogP contribution < -0.4 is 14.2 Å². The van der Waals surface area contributed by atoms with Crippen molar-refractivity contribution in [3.63, 3.8) is 0 Å². The van der Waals surface area contributed by atoms with Gasteiger partial charge in [0, 0.05) is 12.1 Å². The first kappa shape index (κ1) is 19.2. The Hall–Kier alpha value is -3.52. The van der Waals surface area contributed by atoms with Gasteiger partial charge < -0.3 is 14.2 Å². The van der Waals surface area contributed by atoms with Gasteiger partial charge in [-0.05, 0) is 47.9 Å². The van der Waals surface area contributed by atoms with E-state index >= 15 is 0 Å². The maximum absolute atomic E-state index is 9.69. The molecule has 0 aromatic heterocycles.